The lowest BCUT2D eigenvalue weighted by Gasteiger charge is -2.37. The van der Waals surface area contributed by atoms with Crippen LogP contribution in [0.2, 0.25) is 5.15 Å². The van der Waals surface area contributed by atoms with E-state index >= 15 is 0 Å². The van der Waals surface area contributed by atoms with E-state index in [0.717, 1.165) is 0 Å². The van der Waals surface area contributed by atoms with Gasteiger partial charge >= 0.3 is 0 Å². The Labute approximate surface area is 86.3 Å². The molecule has 0 atom stereocenters. The van der Waals surface area contributed by atoms with E-state index in [9.17, 15) is 4.39 Å². The second kappa shape index (κ2) is 3.35. The normalized spacial score (nSPS) is 30.9. The zero-order chi connectivity index (χ0) is 10.2. The van der Waals surface area contributed by atoms with Gasteiger partial charge < -0.3 is 4.74 Å². The van der Waals surface area contributed by atoms with Crippen LogP contribution in [0.1, 0.15) is 19.8 Å². The van der Waals surface area contributed by atoms with Crippen molar-refractivity contribution in [3.8, 4) is 5.88 Å². The standard InChI is InChI=1S/C9H10ClFN2O/c1-9(11)2-6(3-9)14-8-5-12-4-7(10)13-8/h4-6H,2-3H2,1H3. The first-order valence-corrected chi connectivity index (χ1v) is 4.76. The van der Waals surface area contributed by atoms with Crippen LogP contribution in [0, 0.1) is 0 Å². The topological polar surface area (TPSA) is 35.0 Å². The average molecular weight is 217 g/mol. The van der Waals surface area contributed by atoms with Crippen LogP contribution in [0.5, 0.6) is 5.88 Å². The molecule has 0 bridgehead atoms. The van der Waals surface area contributed by atoms with Crippen molar-refractivity contribution in [3.05, 3.63) is 17.5 Å². The fourth-order valence-corrected chi connectivity index (χ4v) is 1.67. The first-order valence-electron chi connectivity index (χ1n) is 4.38. The number of ether oxygens (including phenoxy) is 1. The summed E-state index contributed by atoms with van der Waals surface area (Å²) in [5.41, 5.74) is -1.09. The van der Waals surface area contributed by atoms with Crippen molar-refractivity contribution in [3.63, 3.8) is 0 Å². The first kappa shape index (κ1) is 9.65. The molecule has 2 rings (SSSR count). The van der Waals surface area contributed by atoms with E-state index in [0.29, 0.717) is 18.7 Å². The Morgan fingerprint density at radius 3 is 2.86 bits per heavy atom. The third-order valence-corrected chi connectivity index (χ3v) is 2.36. The molecule has 0 spiro atoms. The SMILES string of the molecule is CC1(F)CC(Oc2cncc(Cl)n2)C1. The smallest absolute Gasteiger partial charge is 0.234 e. The van der Waals surface area contributed by atoms with Gasteiger partial charge in [-0.05, 0) is 6.92 Å². The largest absolute Gasteiger partial charge is 0.473 e. The summed E-state index contributed by atoms with van der Waals surface area (Å²) in [5, 5.41) is 0.282. The van der Waals surface area contributed by atoms with Crippen LogP contribution in [0.25, 0.3) is 0 Å². The zero-order valence-corrected chi connectivity index (χ0v) is 8.46. The molecule has 1 aliphatic carbocycles. The number of hydrogen-bond acceptors (Lipinski definition) is 3. The van der Waals surface area contributed by atoms with Gasteiger partial charge in [0.15, 0.2) is 5.15 Å². The highest BCUT2D eigenvalue weighted by Gasteiger charge is 2.42. The molecular weight excluding hydrogens is 207 g/mol. The molecule has 0 aromatic carbocycles. The summed E-state index contributed by atoms with van der Waals surface area (Å²) in [4.78, 5) is 7.72. The van der Waals surface area contributed by atoms with E-state index in [4.69, 9.17) is 16.3 Å². The van der Waals surface area contributed by atoms with Crippen molar-refractivity contribution in [2.24, 2.45) is 0 Å². The molecule has 1 fully saturated rings. The summed E-state index contributed by atoms with van der Waals surface area (Å²) < 4.78 is 18.5. The molecule has 0 aliphatic heterocycles. The van der Waals surface area contributed by atoms with Gasteiger partial charge in [-0.2, -0.15) is 4.98 Å². The Morgan fingerprint density at radius 2 is 2.29 bits per heavy atom. The van der Waals surface area contributed by atoms with Crippen LogP contribution in [0.4, 0.5) is 4.39 Å². The lowest BCUT2D eigenvalue weighted by molar-refractivity contribution is -0.0313. The second-order valence-corrected chi connectivity index (χ2v) is 4.13. The van der Waals surface area contributed by atoms with E-state index in [1.54, 1.807) is 6.92 Å². The zero-order valence-electron chi connectivity index (χ0n) is 7.70. The Balaban J connectivity index is 1.93. The number of halogens is 2. The lowest BCUT2D eigenvalue weighted by Crippen LogP contribution is -2.44. The number of aromatic nitrogens is 2. The van der Waals surface area contributed by atoms with Crippen molar-refractivity contribution in [1.29, 1.82) is 0 Å². The highest BCUT2D eigenvalue weighted by atomic mass is 35.5. The summed E-state index contributed by atoms with van der Waals surface area (Å²) in [6.07, 6.45) is 3.61. The maximum Gasteiger partial charge on any atom is 0.234 e. The van der Waals surface area contributed by atoms with Crippen molar-refractivity contribution in [2.75, 3.05) is 0 Å². The van der Waals surface area contributed by atoms with Crippen molar-refractivity contribution in [2.45, 2.75) is 31.5 Å². The summed E-state index contributed by atoms with van der Waals surface area (Å²) in [6.45, 7) is 1.57. The highest BCUT2D eigenvalue weighted by molar-refractivity contribution is 6.29. The van der Waals surface area contributed by atoms with Gasteiger partial charge in [0.2, 0.25) is 5.88 Å². The van der Waals surface area contributed by atoms with Gasteiger partial charge in [0.1, 0.15) is 11.8 Å². The molecular formula is C9H10ClFN2O. The third-order valence-electron chi connectivity index (χ3n) is 2.18. The number of rotatable bonds is 2. The fraction of sp³-hybridized carbons (Fsp3) is 0.556. The number of hydrogen-bond donors (Lipinski definition) is 0. The Kier molecular flexibility index (Phi) is 2.31. The molecule has 0 amide bonds. The van der Waals surface area contributed by atoms with E-state index in [1.165, 1.54) is 12.4 Å². The molecule has 1 aromatic heterocycles. The van der Waals surface area contributed by atoms with Crippen LogP contribution in [0.15, 0.2) is 12.4 Å². The summed E-state index contributed by atoms with van der Waals surface area (Å²) >= 11 is 5.62. The Bertz CT molecular complexity index is 337. The summed E-state index contributed by atoms with van der Waals surface area (Å²) in [7, 11) is 0. The van der Waals surface area contributed by atoms with Crippen LogP contribution < -0.4 is 4.74 Å². The molecule has 0 radical (unpaired) electrons. The summed E-state index contributed by atoms with van der Waals surface area (Å²) in [5.74, 6) is 0.359. The second-order valence-electron chi connectivity index (χ2n) is 3.74. The maximum atomic E-state index is 13.1. The van der Waals surface area contributed by atoms with Gasteiger partial charge in [-0.1, -0.05) is 11.6 Å². The van der Waals surface area contributed by atoms with Crippen LogP contribution >= 0.6 is 11.6 Å². The van der Waals surface area contributed by atoms with Gasteiger partial charge in [0.25, 0.3) is 0 Å². The average Bonchev–Trinajstić information content (AvgIpc) is 2.00. The molecule has 76 valence electrons. The van der Waals surface area contributed by atoms with Crippen molar-refractivity contribution >= 4 is 11.6 Å². The van der Waals surface area contributed by atoms with Crippen LogP contribution in [-0.4, -0.2) is 21.7 Å². The summed E-state index contributed by atoms with van der Waals surface area (Å²) in [6, 6.07) is 0. The minimum absolute atomic E-state index is 0.0993. The molecule has 5 heteroatoms. The molecule has 0 saturated heterocycles. The van der Waals surface area contributed by atoms with Crippen LogP contribution in [-0.2, 0) is 0 Å². The lowest BCUT2D eigenvalue weighted by atomic mass is 9.81. The molecule has 1 aliphatic rings. The fourth-order valence-electron chi connectivity index (χ4n) is 1.53. The third kappa shape index (κ3) is 2.12. The molecule has 0 unspecified atom stereocenters. The van der Waals surface area contributed by atoms with Gasteiger partial charge in [-0.3, -0.25) is 4.98 Å². The number of alkyl halides is 1. The molecule has 3 nitrogen and oxygen atoms in total. The number of nitrogens with zero attached hydrogens (tertiary/aromatic N) is 2. The Morgan fingerprint density at radius 1 is 1.57 bits per heavy atom. The highest BCUT2D eigenvalue weighted by Crippen LogP contribution is 2.37. The molecule has 0 N–H and O–H groups in total. The van der Waals surface area contributed by atoms with Crippen molar-refractivity contribution < 1.29 is 9.13 Å². The first-order chi connectivity index (χ1) is 6.55. The van der Waals surface area contributed by atoms with Crippen molar-refractivity contribution in [1.82, 2.24) is 9.97 Å². The quantitative estimate of drug-likeness (QED) is 0.762. The van der Waals surface area contributed by atoms with Gasteiger partial charge in [0.05, 0.1) is 12.4 Å². The molecule has 1 saturated carbocycles. The Hall–Kier alpha value is -0.900. The molecule has 1 heterocycles. The monoisotopic (exact) mass is 216 g/mol. The predicted molar refractivity (Wildman–Crippen MR) is 50.2 cm³/mol. The maximum absolute atomic E-state index is 13.1. The van der Waals surface area contributed by atoms with Crippen LogP contribution in [0.3, 0.4) is 0 Å². The van der Waals surface area contributed by atoms with Gasteiger partial charge in [0, 0.05) is 12.8 Å². The van der Waals surface area contributed by atoms with Gasteiger partial charge in [-0.25, -0.2) is 4.39 Å². The van der Waals surface area contributed by atoms with E-state index in [-0.39, 0.29) is 11.3 Å². The van der Waals surface area contributed by atoms with Gasteiger partial charge in [-0.15, -0.1) is 0 Å². The predicted octanol–water partition coefficient (Wildman–Crippen LogP) is 2.40. The minimum atomic E-state index is -1.09. The van der Waals surface area contributed by atoms with E-state index in [1.807, 2.05) is 0 Å². The van der Waals surface area contributed by atoms with E-state index in [2.05, 4.69) is 9.97 Å². The molecule has 14 heavy (non-hydrogen) atoms. The van der Waals surface area contributed by atoms with E-state index < -0.39 is 5.67 Å². The minimum Gasteiger partial charge on any atom is -0.473 e. The molecule has 1 aromatic rings.